The van der Waals surface area contributed by atoms with Gasteiger partial charge in [-0.05, 0) is 39.6 Å². The van der Waals surface area contributed by atoms with E-state index in [2.05, 4.69) is 47.1 Å². The summed E-state index contributed by atoms with van der Waals surface area (Å²) < 4.78 is 0. The van der Waals surface area contributed by atoms with Crippen molar-refractivity contribution in [2.24, 2.45) is 0 Å². The van der Waals surface area contributed by atoms with Gasteiger partial charge >= 0.3 is 0 Å². The molecule has 1 saturated heterocycles. The Bertz CT molecular complexity index is 403. The van der Waals surface area contributed by atoms with Crippen LogP contribution in [0, 0.1) is 0 Å². The molecule has 1 aliphatic rings. The summed E-state index contributed by atoms with van der Waals surface area (Å²) in [4.78, 5) is 9.17. The molecule has 0 aliphatic carbocycles. The number of piperazine rings is 1. The zero-order valence-electron chi connectivity index (χ0n) is 11.9. The maximum absolute atomic E-state index is 4.29. The van der Waals surface area contributed by atoms with E-state index < -0.39 is 0 Å². The molecular weight excluding hydrogens is 224 g/mol. The fourth-order valence-electron chi connectivity index (χ4n) is 2.49. The van der Waals surface area contributed by atoms with Gasteiger partial charge < -0.3 is 10.2 Å². The fraction of sp³-hybridized carbons (Fsp3) is 0.643. The number of anilines is 1. The maximum atomic E-state index is 4.29. The summed E-state index contributed by atoms with van der Waals surface area (Å²) in [6, 6.07) is 2.11. The van der Waals surface area contributed by atoms with E-state index in [1.54, 1.807) is 0 Å². The summed E-state index contributed by atoms with van der Waals surface area (Å²) in [6.07, 6.45) is 3.87. The van der Waals surface area contributed by atoms with E-state index in [9.17, 15) is 0 Å². The Morgan fingerprint density at radius 1 is 1.39 bits per heavy atom. The minimum Gasteiger partial charge on any atom is -0.367 e. The molecule has 100 valence electrons. The van der Waals surface area contributed by atoms with Gasteiger partial charge in [-0.1, -0.05) is 0 Å². The number of rotatable bonds is 3. The van der Waals surface area contributed by atoms with Crippen LogP contribution in [0.1, 0.15) is 19.4 Å². The van der Waals surface area contributed by atoms with Gasteiger partial charge in [-0.3, -0.25) is 9.88 Å². The first-order chi connectivity index (χ1) is 8.54. The van der Waals surface area contributed by atoms with Crippen molar-refractivity contribution in [3.05, 3.63) is 24.0 Å². The Hall–Kier alpha value is -1.13. The van der Waals surface area contributed by atoms with Crippen LogP contribution in [0.5, 0.6) is 0 Å². The lowest BCUT2D eigenvalue weighted by atomic mass is 9.99. The minimum absolute atomic E-state index is 0.213. The molecular formula is C14H24N4. The molecule has 2 rings (SSSR count). The molecule has 0 spiro atoms. The molecule has 0 saturated carbocycles. The van der Waals surface area contributed by atoms with Crippen LogP contribution in [0.25, 0.3) is 0 Å². The summed E-state index contributed by atoms with van der Waals surface area (Å²) >= 11 is 0. The highest BCUT2D eigenvalue weighted by Gasteiger charge is 2.31. The summed E-state index contributed by atoms with van der Waals surface area (Å²) in [5.41, 5.74) is 2.81. The summed E-state index contributed by atoms with van der Waals surface area (Å²) in [6.45, 7) is 8.71. The first kappa shape index (κ1) is 13.3. The average molecular weight is 248 g/mol. The SMILES string of the molecule is CNCc1ccncc1N1CCN(C)C(C)(C)C1. The van der Waals surface area contributed by atoms with E-state index in [1.165, 1.54) is 11.3 Å². The molecule has 0 bridgehead atoms. The second-order valence-electron chi connectivity index (χ2n) is 5.69. The second kappa shape index (κ2) is 5.24. The molecule has 1 fully saturated rings. The normalized spacial score (nSPS) is 20.1. The molecule has 1 N–H and O–H groups in total. The predicted molar refractivity (Wildman–Crippen MR) is 75.9 cm³/mol. The lowest BCUT2D eigenvalue weighted by molar-refractivity contribution is 0.138. The van der Waals surface area contributed by atoms with Crippen LogP contribution < -0.4 is 10.2 Å². The van der Waals surface area contributed by atoms with Crippen LogP contribution in [-0.2, 0) is 6.54 Å². The van der Waals surface area contributed by atoms with E-state index in [0.29, 0.717) is 0 Å². The molecule has 2 heterocycles. The van der Waals surface area contributed by atoms with Gasteiger partial charge in [0.1, 0.15) is 0 Å². The number of nitrogens with zero attached hydrogens (tertiary/aromatic N) is 3. The molecule has 0 radical (unpaired) electrons. The molecule has 0 atom stereocenters. The number of hydrogen-bond donors (Lipinski definition) is 1. The van der Waals surface area contributed by atoms with Gasteiger partial charge in [0.05, 0.1) is 11.9 Å². The van der Waals surface area contributed by atoms with Gasteiger partial charge in [0.25, 0.3) is 0 Å². The third-order valence-electron chi connectivity index (χ3n) is 3.91. The summed E-state index contributed by atoms with van der Waals surface area (Å²) in [5.74, 6) is 0. The lowest BCUT2D eigenvalue weighted by Crippen LogP contribution is -2.57. The topological polar surface area (TPSA) is 31.4 Å². The smallest absolute Gasteiger partial charge is 0.0599 e. The van der Waals surface area contributed by atoms with Crippen molar-refractivity contribution >= 4 is 5.69 Å². The number of hydrogen-bond acceptors (Lipinski definition) is 4. The molecule has 0 aromatic carbocycles. The van der Waals surface area contributed by atoms with Crippen molar-refractivity contribution in [3.8, 4) is 0 Å². The van der Waals surface area contributed by atoms with Gasteiger partial charge in [0.2, 0.25) is 0 Å². The first-order valence-electron chi connectivity index (χ1n) is 6.58. The minimum atomic E-state index is 0.213. The fourth-order valence-corrected chi connectivity index (χ4v) is 2.49. The quantitative estimate of drug-likeness (QED) is 0.874. The molecule has 1 aliphatic heterocycles. The van der Waals surface area contributed by atoms with Crippen molar-refractivity contribution in [2.45, 2.75) is 25.9 Å². The van der Waals surface area contributed by atoms with Gasteiger partial charge in [-0.25, -0.2) is 0 Å². The molecule has 1 aromatic rings. The molecule has 4 heteroatoms. The predicted octanol–water partition coefficient (Wildman–Crippen LogP) is 1.33. The standard InChI is InChI=1S/C14H24N4/c1-14(2)11-18(8-7-17(14)4)13-10-16-6-5-12(13)9-15-3/h5-6,10,15H,7-9,11H2,1-4H3. The van der Waals surface area contributed by atoms with Crippen LogP contribution in [0.15, 0.2) is 18.5 Å². The first-order valence-corrected chi connectivity index (χ1v) is 6.58. The van der Waals surface area contributed by atoms with Crippen molar-refractivity contribution < 1.29 is 0 Å². The largest absolute Gasteiger partial charge is 0.367 e. The third kappa shape index (κ3) is 2.65. The van der Waals surface area contributed by atoms with Gasteiger partial charge in [-0.2, -0.15) is 0 Å². The molecule has 1 aromatic heterocycles. The molecule has 0 amide bonds. The lowest BCUT2D eigenvalue weighted by Gasteiger charge is -2.46. The number of aromatic nitrogens is 1. The Morgan fingerprint density at radius 2 is 2.17 bits per heavy atom. The van der Waals surface area contributed by atoms with Crippen LogP contribution in [0.2, 0.25) is 0 Å². The maximum Gasteiger partial charge on any atom is 0.0599 e. The highest BCUT2D eigenvalue weighted by Crippen LogP contribution is 2.26. The second-order valence-corrected chi connectivity index (χ2v) is 5.69. The van der Waals surface area contributed by atoms with Crippen molar-refractivity contribution in [1.29, 1.82) is 0 Å². The van der Waals surface area contributed by atoms with Crippen LogP contribution in [0.4, 0.5) is 5.69 Å². The van der Waals surface area contributed by atoms with E-state index in [0.717, 1.165) is 26.2 Å². The highest BCUT2D eigenvalue weighted by molar-refractivity contribution is 5.52. The Labute approximate surface area is 110 Å². The third-order valence-corrected chi connectivity index (χ3v) is 3.91. The van der Waals surface area contributed by atoms with Crippen molar-refractivity contribution in [1.82, 2.24) is 15.2 Å². The Balaban J connectivity index is 2.22. The number of pyridine rings is 1. The van der Waals surface area contributed by atoms with E-state index in [-0.39, 0.29) is 5.54 Å². The van der Waals surface area contributed by atoms with Crippen LogP contribution >= 0.6 is 0 Å². The van der Waals surface area contributed by atoms with E-state index in [1.807, 2.05) is 19.4 Å². The van der Waals surface area contributed by atoms with Crippen LogP contribution in [-0.4, -0.2) is 49.2 Å². The van der Waals surface area contributed by atoms with Gasteiger partial charge in [-0.15, -0.1) is 0 Å². The Morgan fingerprint density at radius 3 is 2.83 bits per heavy atom. The summed E-state index contributed by atoms with van der Waals surface area (Å²) in [5, 5.41) is 3.23. The van der Waals surface area contributed by atoms with Gasteiger partial charge in [0, 0.05) is 37.9 Å². The molecule has 4 nitrogen and oxygen atoms in total. The van der Waals surface area contributed by atoms with Crippen LogP contribution in [0.3, 0.4) is 0 Å². The number of likely N-dealkylation sites (N-methyl/N-ethyl adjacent to an activating group) is 1. The zero-order chi connectivity index (χ0) is 13.2. The summed E-state index contributed by atoms with van der Waals surface area (Å²) in [7, 11) is 4.19. The molecule has 0 unspecified atom stereocenters. The average Bonchev–Trinajstić information content (AvgIpc) is 2.34. The Kier molecular flexibility index (Phi) is 3.88. The van der Waals surface area contributed by atoms with Crippen molar-refractivity contribution in [2.75, 3.05) is 38.6 Å². The van der Waals surface area contributed by atoms with E-state index in [4.69, 9.17) is 0 Å². The van der Waals surface area contributed by atoms with Gasteiger partial charge in [0.15, 0.2) is 0 Å². The monoisotopic (exact) mass is 248 g/mol. The number of nitrogens with one attached hydrogen (secondary N) is 1. The van der Waals surface area contributed by atoms with E-state index >= 15 is 0 Å². The highest BCUT2D eigenvalue weighted by atomic mass is 15.3. The zero-order valence-corrected chi connectivity index (χ0v) is 11.9. The van der Waals surface area contributed by atoms with Crippen molar-refractivity contribution in [3.63, 3.8) is 0 Å². The molecule has 18 heavy (non-hydrogen) atoms.